The molecule has 2 rings (SSSR count). The van der Waals surface area contributed by atoms with Gasteiger partial charge in [-0.05, 0) is 41.9 Å². The average molecular weight is 342 g/mol. The summed E-state index contributed by atoms with van der Waals surface area (Å²) in [6.45, 7) is 3.60. The van der Waals surface area contributed by atoms with Gasteiger partial charge >= 0.3 is 0 Å². The molecule has 0 fully saturated rings. The van der Waals surface area contributed by atoms with E-state index >= 15 is 0 Å². The number of aromatic nitrogens is 2. The van der Waals surface area contributed by atoms with Gasteiger partial charge in [0.25, 0.3) is 0 Å². The maximum absolute atomic E-state index is 12.0. The molecule has 100 valence electrons. The molecular weight excluding hydrogens is 330 g/mol. The van der Waals surface area contributed by atoms with Crippen molar-refractivity contribution >= 4 is 39.5 Å². The van der Waals surface area contributed by atoms with Gasteiger partial charge in [-0.25, -0.2) is 4.98 Å². The zero-order valence-corrected chi connectivity index (χ0v) is 12.8. The summed E-state index contributed by atoms with van der Waals surface area (Å²) in [4.78, 5) is 16.2. The fourth-order valence-corrected chi connectivity index (χ4v) is 2.66. The lowest BCUT2D eigenvalue weighted by molar-refractivity contribution is -0.115. The third-order valence-corrected chi connectivity index (χ3v) is 4.28. The van der Waals surface area contributed by atoms with Crippen LogP contribution in [0.15, 0.2) is 38.4 Å². The fraction of sp³-hybridized carbons (Fsp3) is 0.250. The Balaban J connectivity index is 1.98. The molecule has 0 aromatic carbocycles. The highest BCUT2D eigenvalue weighted by atomic mass is 79.9. The quantitative estimate of drug-likeness (QED) is 0.864. The van der Waals surface area contributed by atoms with Crippen LogP contribution in [0, 0.1) is 6.92 Å². The minimum absolute atomic E-state index is 0.154. The Morgan fingerprint density at radius 2 is 2.37 bits per heavy atom. The Kier molecular flexibility index (Phi) is 4.60. The number of nitrogens with zero attached hydrogens (tertiary/aromatic N) is 2. The number of aryl methyl sites for hydroxylation is 1. The van der Waals surface area contributed by atoms with Crippen molar-refractivity contribution in [1.29, 1.82) is 0 Å². The molecule has 0 aliphatic carbocycles. The van der Waals surface area contributed by atoms with Crippen LogP contribution in [0.4, 0.5) is 5.88 Å². The second-order valence-corrected chi connectivity index (χ2v) is 6.06. The highest BCUT2D eigenvalue weighted by Gasteiger charge is 2.18. The van der Waals surface area contributed by atoms with E-state index < -0.39 is 0 Å². The normalized spacial score (nSPS) is 12.2. The van der Waals surface area contributed by atoms with Crippen LogP contribution in [0.3, 0.4) is 0 Å². The SMILES string of the molecule is Cc1cc(NC(=O)C(C)Sc2ncccc2Br)on1. The number of pyridine rings is 1. The molecule has 0 spiro atoms. The van der Waals surface area contributed by atoms with Crippen molar-refractivity contribution in [2.24, 2.45) is 0 Å². The van der Waals surface area contributed by atoms with Crippen LogP contribution >= 0.6 is 27.7 Å². The minimum Gasteiger partial charge on any atom is -0.338 e. The van der Waals surface area contributed by atoms with Crippen molar-refractivity contribution in [3.63, 3.8) is 0 Å². The molecule has 0 saturated heterocycles. The molecule has 0 aliphatic rings. The molecule has 19 heavy (non-hydrogen) atoms. The van der Waals surface area contributed by atoms with Crippen molar-refractivity contribution in [3.05, 3.63) is 34.6 Å². The van der Waals surface area contributed by atoms with E-state index in [2.05, 4.69) is 31.4 Å². The number of carbonyl (C=O) groups is 1. The van der Waals surface area contributed by atoms with Crippen molar-refractivity contribution in [2.75, 3.05) is 5.32 Å². The molecule has 7 heteroatoms. The van der Waals surface area contributed by atoms with E-state index in [0.717, 1.165) is 15.2 Å². The minimum atomic E-state index is -0.295. The van der Waals surface area contributed by atoms with E-state index in [4.69, 9.17) is 4.52 Å². The van der Waals surface area contributed by atoms with Crippen molar-refractivity contribution in [3.8, 4) is 0 Å². The average Bonchev–Trinajstić information content (AvgIpc) is 2.77. The van der Waals surface area contributed by atoms with E-state index in [-0.39, 0.29) is 11.2 Å². The molecular formula is C12H12BrN3O2S. The molecule has 5 nitrogen and oxygen atoms in total. The van der Waals surface area contributed by atoms with Gasteiger partial charge in [0.1, 0.15) is 5.03 Å². The highest BCUT2D eigenvalue weighted by molar-refractivity contribution is 9.10. The lowest BCUT2D eigenvalue weighted by atomic mass is 10.4. The Hall–Kier alpha value is -1.34. The van der Waals surface area contributed by atoms with E-state index in [1.165, 1.54) is 11.8 Å². The second kappa shape index (κ2) is 6.21. The Labute approximate surface area is 123 Å². The Morgan fingerprint density at radius 3 is 3.00 bits per heavy atom. The summed E-state index contributed by atoms with van der Waals surface area (Å²) in [6, 6.07) is 5.39. The summed E-state index contributed by atoms with van der Waals surface area (Å²) < 4.78 is 5.81. The van der Waals surface area contributed by atoms with Gasteiger partial charge in [-0.15, -0.1) is 0 Å². The van der Waals surface area contributed by atoms with Gasteiger partial charge < -0.3 is 4.52 Å². The molecule has 2 aromatic heterocycles. The number of nitrogens with one attached hydrogen (secondary N) is 1. The first-order valence-electron chi connectivity index (χ1n) is 5.57. The monoisotopic (exact) mass is 341 g/mol. The first kappa shape index (κ1) is 14.1. The van der Waals surface area contributed by atoms with Crippen LogP contribution in [-0.2, 0) is 4.79 Å². The van der Waals surface area contributed by atoms with Crippen LogP contribution in [0.5, 0.6) is 0 Å². The third-order valence-electron chi connectivity index (χ3n) is 2.26. The maximum Gasteiger partial charge on any atom is 0.240 e. The molecule has 0 aliphatic heterocycles. The van der Waals surface area contributed by atoms with E-state index in [1.54, 1.807) is 19.2 Å². The van der Waals surface area contributed by atoms with Crippen LogP contribution in [0.2, 0.25) is 0 Å². The molecule has 1 atom stereocenters. The van der Waals surface area contributed by atoms with Crippen molar-refractivity contribution in [1.82, 2.24) is 10.1 Å². The van der Waals surface area contributed by atoms with Crippen molar-refractivity contribution < 1.29 is 9.32 Å². The number of hydrogen-bond donors (Lipinski definition) is 1. The van der Waals surface area contributed by atoms with Crippen LogP contribution in [0.25, 0.3) is 0 Å². The molecule has 0 saturated carbocycles. The Morgan fingerprint density at radius 1 is 1.58 bits per heavy atom. The van der Waals surface area contributed by atoms with Crippen LogP contribution < -0.4 is 5.32 Å². The largest absolute Gasteiger partial charge is 0.338 e. The predicted molar refractivity (Wildman–Crippen MR) is 77.1 cm³/mol. The summed E-state index contributed by atoms with van der Waals surface area (Å²) in [7, 11) is 0. The molecule has 2 heterocycles. The number of anilines is 1. The van der Waals surface area contributed by atoms with E-state index in [1.807, 2.05) is 19.1 Å². The predicted octanol–water partition coefficient (Wildman–Crippen LogP) is 3.26. The number of rotatable bonds is 4. The molecule has 1 N–H and O–H groups in total. The summed E-state index contributed by atoms with van der Waals surface area (Å²) >= 11 is 4.77. The molecule has 1 unspecified atom stereocenters. The van der Waals surface area contributed by atoms with Gasteiger partial charge in [0, 0.05) is 16.7 Å². The van der Waals surface area contributed by atoms with E-state index in [0.29, 0.717) is 5.88 Å². The third kappa shape index (κ3) is 3.81. The van der Waals surface area contributed by atoms with Gasteiger partial charge in [0.2, 0.25) is 11.8 Å². The van der Waals surface area contributed by atoms with Gasteiger partial charge in [-0.2, -0.15) is 0 Å². The number of hydrogen-bond acceptors (Lipinski definition) is 5. The summed E-state index contributed by atoms with van der Waals surface area (Å²) in [5.74, 6) is 0.203. The van der Waals surface area contributed by atoms with Gasteiger partial charge in [-0.1, -0.05) is 16.9 Å². The molecule has 0 bridgehead atoms. The first-order valence-corrected chi connectivity index (χ1v) is 7.25. The summed E-state index contributed by atoms with van der Waals surface area (Å²) in [5, 5.41) is 6.86. The molecule has 2 aromatic rings. The van der Waals surface area contributed by atoms with Crippen LogP contribution in [-0.4, -0.2) is 21.3 Å². The molecule has 0 radical (unpaired) electrons. The fourth-order valence-electron chi connectivity index (χ4n) is 1.32. The van der Waals surface area contributed by atoms with Gasteiger partial charge in [0.05, 0.1) is 10.9 Å². The topological polar surface area (TPSA) is 68.0 Å². The highest BCUT2D eigenvalue weighted by Crippen LogP contribution is 2.28. The standard InChI is InChI=1S/C12H12BrN3O2S/c1-7-6-10(18-16-7)15-11(17)8(2)19-12-9(13)4-3-5-14-12/h3-6,8H,1-2H3,(H,15,17). The maximum atomic E-state index is 12.0. The zero-order chi connectivity index (χ0) is 13.8. The summed E-state index contributed by atoms with van der Waals surface area (Å²) in [5.41, 5.74) is 0.725. The van der Waals surface area contributed by atoms with Gasteiger partial charge in [-0.3, -0.25) is 10.1 Å². The number of halogens is 1. The van der Waals surface area contributed by atoms with Gasteiger partial charge in [0.15, 0.2) is 0 Å². The number of carbonyl (C=O) groups excluding carboxylic acids is 1. The molecule has 1 amide bonds. The second-order valence-electron chi connectivity index (χ2n) is 3.87. The number of thioether (sulfide) groups is 1. The summed E-state index contributed by atoms with van der Waals surface area (Å²) in [6.07, 6.45) is 1.69. The first-order chi connectivity index (χ1) is 9.06. The van der Waals surface area contributed by atoms with Crippen LogP contribution in [0.1, 0.15) is 12.6 Å². The Bertz CT molecular complexity index is 588. The lowest BCUT2D eigenvalue weighted by Crippen LogP contribution is -2.22. The smallest absolute Gasteiger partial charge is 0.240 e. The van der Waals surface area contributed by atoms with E-state index in [9.17, 15) is 4.79 Å². The number of amides is 1. The van der Waals surface area contributed by atoms with Crippen molar-refractivity contribution in [2.45, 2.75) is 24.1 Å². The zero-order valence-electron chi connectivity index (χ0n) is 10.4. The lowest BCUT2D eigenvalue weighted by Gasteiger charge is -2.10.